The van der Waals surface area contributed by atoms with Gasteiger partial charge >= 0.3 is 12.1 Å². The Morgan fingerprint density at radius 2 is 2.26 bits per heavy atom. The maximum Gasteiger partial charge on any atom is 0.470 e. The maximum absolute atomic E-state index is 12.6. The fourth-order valence-electron chi connectivity index (χ4n) is 1.60. The number of aromatic nitrogens is 1. The fourth-order valence-corrected chi connectivity index (χ4v) is 1.60. The first-order valence-electron chi connectivity index (χ1n) is 5.51. The molecule has 5 nitrogen and oxygen atoms in total. The Hall–Kier alpha value is -1.67. The molecule has 0 saturated carbocycles. The molecule has 1 atom stereocenters. The average Bonchev–Trinajstić information content (AvgIpc) is 2.81. The van der Waals surface area contributed by atoms with Crippen molar-refractivity contribution in [2.75, 3.05) is 20.3 Å². The molecular weight excluding hydrogens is 263 g/mol. The van der Waals surface area contributed by atoms with Gasteiger partial charge in [-0.05, 0) is 6.07 Å². The van der Waals surface area contributed by atoms with E-state index < -0.39 is 18.2 Å². The van der Waals surface area contributed by atoms with E-state index in [4.69, 9.17) is 9.57 Å². The van der Waals surface area contributed by atoms with Crippen LogP contribution in [0.15, 0.2) is 29.5 Å². The monoisotopic (exact) mass is 275 g/mol. The predicted octanol–water partition coefficient (Wildman–Crippen LogP) is 1.93. The number of methoxy groups -OCH3 is 1. The van der Waals surface area contributed by atoms with Gasteiger partial charge in [-0.15, -0.1) is 5.06 Å². The van der Waals surface area contributed by atoms with Crippen molar-refractivity contribution in [1.82, 2.24) is 10.0 Å². The summed E-state index contributed by atoms with van der Waals surface area (Å²) in [5.74, 6) is -1.25. The van der Waals surface area contributed by atoms with Crippen LogP contribution in [-0.4, -0.2) is 42.4 Å². The highest BCUT2D eigenvalue weighted by atomic mass is 19.4. The summed E-state index contributed by atoms with van der Waals surface area (Å²) in [6.07, 6.45) is -2.48. The highest BCUT2D eigenvalue weighted by molar-refractivity contribution is 5.82. The lowest BCUT2D eigenvalue weighted by Crippen LogP contribution is -2.31. The van der Waals surface area contributed by atoms with Crippen LogP contribution < -0.4 is 0 Å². The molecule has 19 heavy (non-hydrogen) atoms. The zero-order chi connectivity index (χ0) is 13.9. The zero-order valence-electron chi connectivity index (χ0n) is 10.1. The van der Waals surface area contributed by atoms with Crippen LogP contribution in [0.3, 0.4) is 0 Å². The van der Waals surface area contributed by atoms with Crippen molar-refractivity contribution in [2.24, 2.45) is 4.99 Å². The van der Waals surface area contributed by atoms with E-state index >= 15 is 0 Å². The van der Waals surface area contributed by atoms with Gasteiger partial charge in [0.1, 0.15) is 0 Å². The highest BCUT2D eigenvalue weighted by Gasteiger charge is 2.45. The molecule has 1 aromatic heterocycles. The normalized spacial score (nSPS) is 20.2. The Bertz CT molecular complexity index is 450. The van der Waals surface area contributed by atoms with E-state index in [9.17, 15) is 13.2 Å². The quantitative estimate of drug-likeness (QED) is 0.842. The van der Waals surface area contributed by atoms with Crippen LogP contribution in [0.4, 0.5) is 13.2 Å². The summed E-state index contributed by atoms with van der Waals surface area (Å²) in [4.78, 5) is 12.2. The molecule has 0 aliphatic carbocycles. The molecule has 1 aliphatic heterocycles. The van der Waals surface area contributed by atoms with Gasteiger partial charge in [-0.1, -0.05) is 6.07 Å². The van der Waals surface area contributed by atoms with Gasteiger partial charge in [0.25, 0.3) is 0 Å². The molecule has 0 aromatic carbocycles. The van der Waals surface area contributed by atoms with Crippen LogP contribution in [0, 0.1) is 0 Å². The molecule has 0 spiro atoms. The number of ether oxygens (including phenoxy) is 1. The second-order valence-electron chi connectivity index (χ2n) is 3.82. The van der Waals surface area contributed by atoms with E-state index in [0.29, 0.717) is 5.56 Å². The third-order valence-corrected chi connectivity index (χ3v) is 2.46. The van der Waals surface area contributed by atoms with Gasteiger partial charge in [-0.2, -0.15) is 13.2 Å². The SMILES string of the molecule is COCCN1OC(C(F)(F)F)=NC1c1cccnc1. The molecule has 8 heteroatoms. The molecule has 104 valence electrons. The lowest BCUT2D eigenvalue weighted by atomic mass is 10.2. The van der Waals surface area contributed by atoms with Crippen LogP contribution in [-0.2, 0) is 9.57 Å². The van der Waals surface area contributed by atoms with E-state index in [0.717, 1.165) is 5.06 Å². The van der Waals surface area contributed by atoms with E-state index in [1.54, 1.807) is 12.1 Å². The first kappa shape index (κ1) is 13.8. The summed E-state index contributed by atoms with van der Waals surface area (Å²) in [6, 6.07) is 3.27. The Morgan fingerprint density at radius 1 is 1.47 bits per heavy atom. The highest BCUT2D eigenvalue weighted by Crippen LogP contribution is 2.32. The van der Waals surface area contributed by atoms with Crippen molar-refractivity contribution in [2.45, 2.75) is 12.3 Å². The van der Waals surface area contributed by atoms with E-state index in [2.05, 4.69) is 9.98 Å². The minimum Gasteiger partial charge on any atom is -0.383 e. The Labute approximate surface area is 107 Å². The summed E-state index contributed by atoms with van der Waals surface area (Å²) in [5, 5.41) is 1.13. The molecule has 1 aliphatic rings. The third kappa shape index (κ3) is 3.21. The van der Waals surface area contributed by atoms with Gasteiger partial charge in [0.2, 0.25) is 0 Å². The molecule has 0 N–H and O–H groups in total. The molecule has 0 saturated heterocycles. The number of halogens is 3. The van der Waals surface area contributed by atoms with Crippen molar-refractivity contribution in [1.29, 1.82) is 0 Å². The van der Waals surface area contributed by atoms with E-state index in [1.165, 1.54) is 19.5 Å². The first-order valence-corrected chi connectivity index (χ1v) is 5.51. The van der Waals surface area contributed by atoms with Gasteiger partial charge in [-0.25, -0.2) is 4.99 Å². The number of rotatable bonds is 4. The van der Waals surface area contributed by atoms with Crippen molar-refractivity contribution >= 4 is 5.90 Å². The molecule has 1 aromatic rings. The number of alkyl halides is 3. The second kappa shape index (κ2) is 5.54. The standard InChI is InChI=1S/C11H12F3N3O2/c1-18-6-5-17-9(8-3-2-4-15-7-8)16-10(19-17)11(12,13)14/h2-4,7,9H,5-6H2,1H3. The smallest absolute Gasteiger partial charge is 0.383 e. The van der Waals surface area contributed by atoms with Crippen LogP contribution in [0.5, 0.6) is 0 Å². The number of hydrogen-bond donors (Lipinski definition) is 0. The molecule has 0 radical (unpaired) electrons. The van der Waals surface area contributed by atoms with Crippen LogP contribution >= 0.6 is 0 Å². The second-order valence-corrected chi connectivity index (χ2v) is 3.82. The minimum absolute atomic E-state index is 0.166. The summed E-state index contributed by atoms with van der Waals surface area (Å²) < 4.78 is 42.7. The maximum atomic E-state index is 12.6. The molecule has 0 bridgehead atoms. The molecular formula is C11H12F3N3O2. The Balaban J connectivity index is 2.22. The van der Waals surface area contributed by atoms with Crippen molar-refractivity contribution in [3.8, 4) is 0 Å². The van der Waals surface area contributed by atoms with E-state index in [-0.39, 0.29) is 13.2 Å². The average molecular weight is 275 g/mol. The van der Waals surface area contributed by atoms with Crippen LogP contribution in [0.25, 0.3) is 0 Å². The lowest BCUT2D eigenvalue weighted by Gasteiger charge is -2.20. The summed E-state index contributed by atoms with van der Waals surface area (Å²) in [5.41, 5.74) is 0.526. The largest absolute Gasteiger partial charge is 0.470 e. The molecule has 2 heterocycles. The Kier molecular flexibility index (Phi) is 4.01. The number of nitrogens with zero attached hydrogens (tertiary/aromatic N) is 3. The Morgan fingerprint density at radius 3 is 2.84 bits per heavy atom. The van der Waals surface area contributed by atoms with Crippen molar-refractivity contribution < 1.29 is 22.7 Å². The van der Waals surface area contributed by atoms with Gasteiger partial charge in [-0.3, -0.25) is 4.98 Å². The lowest BCUT2D eigenvalue weighted by molar-refractivity contribution is -0.139. The first-order chi connectivity index (χ1) is 9.02. The van der Waals surface area contributed by atoms with Crippen LogP contribution in [0.1, 0.15) is 11.7 Å². The van der Waals surface area contributed by atoms with Crippen molar-refractivity contribution in [3.05, 3.63) is 30.1 Å². The summed E-state index contributed by atoms with van der Waals surface area (Å²) in [6.45, 7) is 0.399. The zero-order valence-corrected chi connectivity index (χ0v) is 10.1. The molecule has 0 amide bonds. The van der Waals surface area contributed by atoms with Crippen LogP contribution in [0.2, 0.25) is 0 Å². The minimum atomic E-state index is -4.61. The number of aliphatic imine (C=N–C) groups is 1. The predicted molar refractivity (Wildman–Crippen MR) is 60.1 cm³/mol. The molecule has 1 unspecified atom stereocenters. The van der Waals surface area contributed by atoms with Gasteiger partial charge in [0, 0.05) is 25.1 Å². The fraction of sp³-hybridized carbons (Fsp3) is 0.455. The van der Waals surface area contributed by atoms with Gasteiger partial charge in [0.15, 0.2) is 6.17 Å². The summed E-state index contributed by atoms with van der Waals surface area (Å²) >= 11 is 0. The number of pyridine rings is 1. The number of hydrogen-bond acceptors (Lipinski definition) is 5. The number of hydroxylamine groups is 2. The van der Waals surface area contributed by atoms with E-state index in [1.807, 2.05) is 0 Å². The van der Waals surface area contributed by atoms with Gasteiger partial charge < -0.3 is 9.57 Å². The molecule has 0 fully saturated rings. The van der Waals surface area contributed by atoms with Crippen molar-refractivity contribution in [3.63, 3.8) is 0 Å². The topological polar surface area (TPSA) is 47.0 Å². The van der Waals surface area contributed by atoms with Gasteiger partial charge in [0.05, 0.1) is 13.2 Å². The third-order valence-electron chi connectivity index (χ3n) is 2.46. The summed E-state index contributed by atoms with van der Waals surface area (Å²) in [7, 11) is 1.46. The molecule has 2 rings (SSSR count).